The quantitative estimate of drug-likeness (QED) is 0.854. The highest BCUT2D eigenvalue weighted by Crippen LogP contribution is 2.14. The van der Waals surface area contributed by atoms with Crippen molar-refractivity contribution in [3.8, 4) is 5.75 Å². The Morgan fingerprint density at radius 3 is 2.83 bits per heavy atom. The number of hydrogen-bond donors (Lipinski definition) is 1. The van der Waals surface area contributed by atoms with Gasteiger partial charge in [-0.25, -0.2) is 0 Å². The van der Waals surface area contributed by atoms with Crippen molar-refractivity contribution in [2.24, 2.45) is 5.73 Å². The molecular weight excluding hydrogens is 234 g/mol. The minimum atomic E-state index is -0.616. The van der Waals surface area contributed by atoms with E-state index in [4.69, 9.17) is 15.0 Å². The second kappa shape index (κ2) is 4.77. The maximum absolute atomic E-state index is 5.86. The highest BCUT2D eigenvalue weighted by Gasteiger charge is 2.21. The van der Waals surface area contributed by atoms with Gasteiger partial charge in [0.1, 0.15) is 0 Å². The molecule has 0 atom stereocenters. The first kappa shape index (κ1) is 12.6. The van der Waals surface area contributed by atoms with Crippen LogP contribution in [0.25, 0.3) is 0 Å². The fourth-order valence-corrected chi connectivity index (χ4v) is 1.31. The van der Waals surface area contributed by atoms with E-state index in [0.717, 1.165) is 6.54 Å². The van der Waals surface area contributed by atoms with Crippen LogP contribution in [0.3, 0.4) is 0 Å². The van der Waals surface area contributed by atoms with Gasteiger partial charge < -0.3 is 15.0 Å². The first-order valence-electron chi connectivity index (χ1n) is 5.76. The lowest BCUT2D eigenvalue weighted by Crippen LogP contribution is -2.30. The summed E-state index contributed by atoms with van der Waals surface area (Å²) in [6.07, 6.45) is 3.46. The van der Waals surface area contributed by atoms with E-state index in [9.17, 15) is 0 Å². The zero-order valence-electron chi connectivity index (χ0n) is 10.8. The van der Waals surface area contributed by atoms with Crippen molar-refractivity contribution < 1.29 is 9.26 Å². The van der Waals surface area contributed by atoms with Crippen LogP contribution in [0.2, 0.25) is 0 Å². The summed E-state index contributed by atoms with van der Waals surface area (Å²) >= 11 is 0. The fraction of sp³-hybridized carbons (Fsp3) is 0.545. The largest absolute Gasteiger partial charge is 0.480 e. The van der Waals surface area contributed by atoms with E-state index in [1.54, 1.807) is 10.9 Å². The third kappa shape index (κ3) is 2.86. The minimum absolute atomic E-state index is 0.207. The SMILES string of the molecule is CCn1cc(OCc2nc(C(C)(C)N)no2)cn1. The summed E-state index contributed by atoms with van der Waals surface area (Å²) in [5.74, 6) is 1.53. The lowest BCUT2D eigenvalue weighted by molar-refractivity contribution is 0.241. The molecule has 0 amide bonds. The van der Waals surface area contributed by atoms with E-state index < -0.39 is 5.54 Å². The van der Waals surface area contributed by atoms with Gasteiger partial charge in [0.25, 0.3) is 5.89 Å². The van der Waals surface area contributed by atoms with Crippen molar-refractivity contribution in [3.05, 3.63) is 24.1 Å². The monoisotopic (exact) mass is 251 g/mol. The lowest BCUT2D eigenvalue weighted by Gasteiger charge is -2.11. The molecule has 7 nitrogen and oxygen atoms in total. The number of rotatable bonds is 5. The molecule has 0 aromatic carbocycles. The molecule has 98 valence electrons. The van der Waals surface area contributed by atoms with Crippen LogP contribution in [-0.2, 0) is 18.7 Å². The van der Waals surface area contributed by atoms with Gasteiger partial charge in [-0.2, -0.15) is 10.1 Å². The average molecular weight is 251 g/mol. The van der Waals surface area contributed by atoms with E-state index in [1.165, 1.54) is 0 Å². The van der Waals surface area contributed by atoms with Crippen LogP contribution < -0.4 is 10.5 Å². The average Bonchev–Trinajstić information content (AvgIpc) is 2.94. The van der Waals surface area contributed by atoms with Crippen LogP contribution >= 0.6 is 0 Å². The second-order valence-electron chi connectivity index (χ2n) is 4.55. The van der Waals surface area contributed by atoms with Gasteiger partial charge in [-0.05, 0) is 20.8 Å². The summed E-state index contributed by atoms with van der Waals surface area (Å²) in [4.78, 5) is 4.17. The van der Waals surface area contributed by atoms with E-state index >= 15 is 0 Å². The Labute approximate surface area is 105 Å². The van der Waals surface area contributed by atoms with Crippen molar-refractivity contribution in [1.82, 2.24) is 19.9 Å². The molecule has 0 spiro atoms. The van der Waals surface area contributed by atoms with Crippen LogP contribution in [0.4, 0.5) is 0 Å². The Morgan fingerprint density at radius 1 is 1.50 bits per heavy atom. The standard InChI is InChI=1S/C11H17N5O2/c1-4-16-6-8(5-13-16)17-7-9-14-10(15-18-9)11(2,3)12/h5-6H,4,7,12H2,1-3H3. The van der Waals surface area contributed by atoms with Crippen LogP contribution in [0.5, 0.6) is 5.75 Å². The van der Waals surface area contributed by atoms with Gasteiger partial charge in [0.05, 0.1) is 17.9 Å². The number of nitrogens with two attached hydrogens (primary N) is 1. The lowest BCUT2D eigenvalue weighted by atomic mass is 10.1. The molecule has 0 aliphatic rings. The van der Waals surface area contributed by atoms with E-state index in [1.807, 2.05) is 27.0 Å². The van der Waals surface area contributed by atoms with Gasteiger partial charge in [-0.1, -0.05) is 5.16 Å². The maximum Gasteiger partial charge on any atom is 0.264 e. The highest BCUT2D eigenvalue weighted by atomic mass is 16.5. The fourth-order valence-electron chi connectivity index (χ4n) is 1.31. The molecule has 0 saturated heterocycles. The van der Waals surface area contributed by atoms with Gasteiger partial charge in [0.2, 0.25) is 0 Å². The summed E-state index contributed by atoms with van der Waals surface area (Å²) in [7, 11) is 0. The molecule has 0 bridgehead atoms. The maximum atomic E-state index is 5.86. The van der Waals surface area contributed by atoms with Gasteiger partial charge in [0, 0.05) is 6.54 Å². The molecular formula is C11H17N5O2. The van der Waals surface area contributed by atoms with E-state index in [2.05, 4.69) is 15.2 Å². The van der Waals surface area contributed by atoms with Crippen LogP contribution in [0, 0.1) is 0 Å². The first-order valence-corrected chi connectivity index (χ1v) is 5.76. The molecule has 0 radical (unpaired) electrons. The molecule has 18 heavy (non-hydrogen) atoms. The Morgan fingerprint density at radius 2 is 2.28 bits per heavy atom. The predicted octanol–water partition coefficient (Wildman–Crippen LogP) is 1.06. The smallest absolute Gasteiger partial charge is 0.264 e. The molecule has 7 heteroatoms. The zero-order chi connectivity index (χ0) is 13.2. The number of ether oxygens (including phenoxy) is 1. The molecule has 2 aromatic heterocycles. The van der Waals surface area contributed by atoms with Gasteiger partial charge in [-0.15, -0.1) is 0 Å². The van der Waals surface area contributed by atoms with Crippen LogP contribution in [0.15, 0.2) is 16.9 Å². The molecule has 2 aromatic rings. The van der Waals surface area contributed by atoms with Crippen molar-refractivity contribution >= 4 is 0 Å². The molecule has 0 unspecified atom stereocenters. The van der Waals surface area contributed by atoms with Gasteiger partial charge in [-0.3, -0.25) is 4.68 Å². The van der Waals surface area contributed by atoms with Gasteiger partial charge in [0.15, 0.2) is 18.2 Å². The summed E-state index contributed by atoms with van der Waals surface area (Å²) in [6, 6.07) is 0. The van der Waals surface area contributed by atoms with Gasteiger partial charge >= 0.3 is 0 Å². The predicted molar refractivity (Wildman–Crippen MR) is 63.7 cm³/mol. The molecule has 0 aliphatic heterocycles. The minimum Gasteiger partial charge on any atom is -0.480 e. The molecule has 0 aliphatic carbocycles. The van der Waals surface area contributed by atoms with Crippen molar-refractivity contribution in [1.29, 1.82) is 0 Å². The Kier molecular flexibility index (Phi) is 3.33. The van der Waals surface area contributed by atoms with Crippen molar-refractivity contribution in [2.75, 3.05) is 0 Å². The van der Waals surface area contributed by atoms with Crippen LogP contribution in [0.1, 0.15) is 32.5 Å². The first-order chi connectivity index (χ1) is 8.49. The summed E-state index contributed by atoms with van der Waals surface area (Å²) in [6.45, 7) is 6.64. The third-order valence-electron chi connectivity index (χ3n) is 2.34. The molecule has 2 rings (SSSR count). The molecule has 0 fully saturated rings. The van der Waals surface area contributed by atoms with E-state index in [-0.39, 0.29) is 6.61 Å². The molecule has 2 N–H and O–H groups in total. The van der Waals surface area contributed by atoms with Crippen LogP contribution in [-0.4, -0.2) is 19.9 Å². The Hall–Kier alpha value is -1.89. The van der Waals surface area contributed by atoms with E-state index in [0.29, 0.717) is 17.5 Å². The molecule has 0 saturated carbocycles. The number of aryl methyl sites for hydroxylation is 1. The topological polar surface area (TPSA) is 92.0 Å². The normalized spacial score (nSPS) is 11.8. The summed E-state index contributed by atoms with van der Waals surface area (Å²) < 4.78 is 12.3. The third-order valence-corrected chi connectivity index (χ3v) is 2.34. The van der Waals surface area contributed by atoms with Crippen molar-refractivity contribution in [3.63, 3.8) is 0 Å². The summed E-state index contributed by atoms with van der Waals surface area (Å²) in [5, 5.41) is 7.91. The summed E-state index contributed by atoms with van der Waals surface area (Å²) in [5.41, 5.74) is 5.24. The molecule has 2 heterocycles. The number of hydrogen-bond acceptors (Lipinski definition) is 6. The Balaban J connectivity index is 1.96. The number of nitrogens with zero attached hydrogens (tertiary/aromatic N) is 4. The highest BCUT2D eigenvalue weighted by molar-refractivity contribution is 5.11. The Bertz CT molecular complexity index is 511. The number of aromatic nitrogens is 4. The van der Waals surface area contributed by atoms with Crippen molar-refractivity contribution in [2.45, 2.75) is 39.5 Å². The zero-order valence-corrected chi connectivity index (χ0v) is 10.8. The second-order valence-corrected chi connectivity index (χ2v) is 4.55.